The molecule has 0 amide bonds. The van der Waals surface area contributed by atoms with Crippen LogP contribution in [0.15, 0.2) is 0 Å². The lowest BCUT2D eigenvalue weighted by Crippen LogP contribution is -2.42. The lowest BCUT2D eigenvalue weighted by molar-refractivity contribution is -0.0127. The smallest absolute Gasteiger partial charge is 0.0744 e. The van der Waals surface area contributed by atoms with Crippen molar-refractivity contribution in [2.45, 2.75) is 37.9 Å². The quantitative estimate of drug-likeness (QED) is 0.627. The van der Waals surface area contributed by atoms with Crippen LogP contribution >= 0.6 is 0 Å². The molecule has 1 heterocycles. The van der Waals surface area contributed by atoms with E-state index in [2.05, 4.69) is 0 Å². The summed E-state index contributed by atoms with van der Waals surface area (Å²) in [6, 6.07) is 0. The number of nitrogens with two attached hydrogens (primary N) is 1. The Morgan fingerprint density at radius 3 is 3.17 bits per heavy atom. The van der Waals surface area contributed by atoms with E-state index in [4.69, 9.17) is 10.5 Å². The zero-order valence-electron chi connectivity index (χ0n) is 7.33. The summed E-state index contributed by atoms with van der Waals surface area (Å²) in [5, 5.41) is 9.81. The molecule has 3 heteroatoms. The molecule has 2 fully saturated rings. The lowest BCUT2D eigenvalue weighted by atomic mass is 9.77. The number of fused-ring (bicyclic) bond motifs is 1. The number of ether oxygens (including phenoxy) is 1. The summed E-state index contributed by atoms with van der Waals surface area (Å²) in [6.07, 6.45) is 4.31. The maximum Gasteiger partial charge on any atom is 0.0744 e. The second-order valence-electron chi connectivity index (χ2n) is 3.99. The zero-order valence-corrected chi connectivity index (χ0v) is 7.33. The van der Waals surface area contributed by atoms with Gasteiger partial charge in [-0.05, 0) is 19.3 Å². The van der Waals surface area contributed by atoms with E-state index in [1.165, 1.54) is 6.42 Å². The van der Waals surface area contributed by atoms with Crippen molar-refractivity contribution in [2.24, 2.45) is 11.1 Å². The Labute approximate surface area is 72.9 Å². The van der Waals surface area contributed by atoms with Crippen LogP contribution in [0.2, 0.25) is 0 Å². The molecule has 3 N–H and O–H groups in total. The van der Waals surface area contributed by atoms with Gasteiger partial charge in [0.1, 0.15) is 0 Å². The maximum absolute atomic E-state index is 9.81. The van der Waals surface area contributed by atoms with Crippen LogP contribution in [0.25, 0.3) is 0 Å². The van der Waals surface area contributed by atoms with Gasteiger partial charge in [0.2, 0.25) is 0 Å². The molecule has 0 spiro atoms. The molecule has 1 aliphatic carbocycles. The predicted molar refractivity (Wildman–Crippen MR) is 45.7 cm³/mol. The minimum Gasteiger partial charge on any atom is -0.391 e. The molecule has 1 saturated heterocycles. The molecule has 0 radical (unpaired) electrons. The largest absolute Gasteiger partial charge is 0.391 e. The first-order chi connectivity index (χ1) is 5.79. The average molecular weight is 171 g/mol. The van der Waals surface area contributed by atoms with Gasteiger partial charge in [-0.3, -0.25) is 0 Å². The summed E-state index contributed by atoms with van der Waals surface area (Å²) in [5.74, 6) is 0. The molecule has 0 aromatic rings. The van der Waals surface area contributed by atoms with Crippen molar-refractivity contribution in [1.29, 1.82) is 0 Å². The van der Waals surface area contributed by atoms with E-state index in [1.807, 2.05) is 0 Å². The Hall–Kier alpha value is -0.120. The molecule has 2 rings (SSSR count). The van der Waals surface area contributed by atoms with Crippen LogP contribution in [0.3, 0.4) is 0 Å². The van der Waals surface area contributed by atoms with E-state index < -0.39 is 0 Å². The normalized spacial score (nSPS) is 43.0. The van der Waals surface area contributed by atoms with Gasteiger partial charge in [-0.2, -0.15) is 0 Å². The highest BCUT2D eigenvalue weighted by molar-refractivity contribution is 5.01. The van der Waals surface area contributed by atoms with Crippen molar-refractivity contribution in [2.75, 3.05) is 13.2 Å². The molecule has 2 aliphatic rings. The van der Waals surface area contributed by atoms with Crippen LogP contribution in [0.1, 0.15) is 25.7 Å². The van der Waals surface area contributed by atoms with Crippen LogP contribution in [-0.4, -0.2) is 30.5 Å². The highest BCUT2D eigenvalue weighted by Gasteiger charge is 2.51. The highest BCUT2D eigenvalue weighted by Crippen LogP contribution is 2.49. The summed E-state index contributed by atoms with van der Waals surface area (Å²) in [7, 11) is 0. The summed E-state index contributed by atoms with van der Waals surface area (Å²) in [6.45, 7) is 1.18. The van der Waals surface area contributed by atoms with Gasteiger partial charge in [-0.1, -0.05) is 6.42 Å². The van der Waals surface area contributed by atoms with E-state index in [0.717, 1.165) is 25.9 Å². The Kier molecular flexibility index (Phi) is 2.10. The Balaban J connectivity index is 2.16. The van der Waals surface area contributed by atoms with Gasteiger partial charge < -0.3 is 15.6 Å². The fourth-order valence-electron chi connectivity index (χ4n) is 2.77. The van der Waals surface area contributed by atoms with Gasteiger partial charge in [0.25, 0.3) is 0 Å². The number of aliphatic hydroxyl groups is 1. The summed E-state index contributed by atoms with van der Waals surface area (Å²) in [5.41, 5.74) is 5.52. The van der Waals surface area contributed by atoms with E-state index in [9.17, 15) is 5.11 Å². The molecule has 0 bridgehead atoms. The van der Waals surface area contributed by atoms with Gasteiger partial charge in [0.15, 0.2) is 0 Å². The average Bonchev–Trinajstić information content (AvgIpc) is 2.60. The van der Waals surface area contributed by atoms with Crippen molar-refractivity contribution in [3.8, 4) is 0 Å². The molecule has 0 aromatic carbocycles. The molecule has 1 unspecified atom stereocenters. The minimum atomic E-state index is -0.354. The third-order valence-corrected chi connectivity index (χ3v) is 3.52. The topological polar surface area (TPSA) is 55.5 Å². The standard InChI is InChI=1S/C9H17NO2/c10-6-7(11)9-3-1-2-8(9)12-5-4-9/h7-8,11H,1-6,10H2/t7-,8-,9?/m1/s1. The fraction of sp³-hybridized carbons (Fsp3) is 1.00. The molecule has 1 saturated carbocycles. The third-order valence-electron chi connectivity index (χ3n) is 3.52. The van der Waals surface area contributed by atoms with Crippen molar-refractivity contribution >= 4 is 0 Å². The first-order valence-corrected chi connectivity index (χ1v) is 4.79. The van der Waals surface area contributed by atoms with Gasteiger partial charge >= 0.3 is 0 Å². The molecule has 70 valence electrons. The molecular weight excluding hydrogens is 154 g/mol. The van der Waals surface area contributed by atoms with Gasteiger partial charge in [0, 0.05) is 18.6 Å². The predicted octanol–water partition coefficient (Wildman–Crippen LogP) is 0.265. The Bertz CT molecular complexity index is 162. The summed E-state index contributed by atoms with van der Waals surface area (Å²) >= 11 is 0. The zero-order chi connectivity index (χ0) is 8.60. The van der Waals surface area contributed by atoms with Crippen molar-refractivity contribution in [3.63, 3.8) is 0 Å². The van der Waals surface area contributed by atoms with Gasteiger partial charge in [-0.15, -0.1) is 0 Å². The molecule has 3 nitrogen and oxygen atoms in total. The van der Waals surface area contributed by atoms with Crippen molar-refractivity contribution in [1.82, 2.24) is 0 Å². The van der Waals surface area contributed by atoms with Gasteiger partial charge in [0.05, 0.1) is 12.2 Å². The maximum atomic E-state index is 9.81. The van der Waals surface area contributed by atoms with Crippen LogP contribution < -0.4 is 5.73 Å². The minimum absolute atomic E-state index is 0.0226. The molecule has 12 heavy (non-hydrogen) atoms. The van der Waals surface area contributed by atoms with E-state index in [-0.39, 0.29) is 17.6 Å². The van der Waals surface area contributed by atoms with Crippen LogP contribution in [-0.2, 0) is 4.74 Å². The SMILES string of the molecule is NC[C@@H](O)C12CCC[C@H]1OCC2. The monoisotopic (exact) mass is 171 g/mol. The van der Waals surface area contributed by atoms with E-state index in [1.54, 1.807) is 0 Å². The van der Waals surface area contributed by atoms with Crippen LogP contribution in [0.5, 0.6) is 0 Å². The fourth-order valence-corrected chi connectivity index (χ4v) is 2.77. The van der Waals surface area contributed by atoms with E-state index >= 15 is 0 Å². The third kappa shape index (κ3) is 1.00. The summed E-state index contributed by atoms with van der Waals surface area (Å²) in [4.78, 5) is 0. The van der Waals surface area contributed by atoms with Crippen molar-refractivity contribution < 1.29 is 9.84 Å². The Morgan fingerprint density at radius 2 is 2.42 bits per heavy atom. The molecule has 3 atom stereocenters. The first-order valence-electron chi connectivity index (χ1n) is 4.79. The first kappa shape index (κ1) is 8.48. The number of rotatable bonds is 2. The van der Waals surface area contributed by atoms with Crippen LogP contribution in [0.4, 0.5) is 0 Å². The highest BCUT2D eigenvalue weighted by atomic mass is 16.5. The molecular formula is C9H17NO2. The number of hydrogen-bond donors (Lipinski definition) is 2. The number of hydrogen-bond acceptors (Lipinski definition) is 3. The molecule has 1 aliphatic heterocycles. The van der Waals surface area contributed by atoms with Gasteiger partial charge in [-0.25, -0.2) is 0 Å². The van der Waals surface area contributed by atoms with E-state index in [0.29, 0.717) is 6.54 Å². The summed E-state index contributed by atoms with van der Waals surface area (Å²) < 4.78 is 5.59. The second kappa shape index (κ2) is 2.98. The second-order valence-corrected chi connectivity index (χ2v) is 3.99. The Morgan fingerprint density at radius 1 is 1.58 bits per heavy atom. The van der Waals surface area contributed by atoms with Crippen molar-refractivity contribution in [3.05, 3.63) is 0 Å². The lowest BCUT2D eigenvalue weighted by Gasteiger charge is -2.32. The van der Waals surface area contributed by atoms with Crippen LogP contribution in [0, 0.1) is 5.41 Å². The number of aliphatic hydroxyl groups excluding tert-OH is 1. The molecule has 0 aromatic heterocycles.